The first-order valence-electron chi connectivity index (χ1n) is 8.17. The van der Waals surface area contributed by atoms with Gasteiger partial charge in [0.25, 0.3) is 0 Å². The van der Waals surface area contributed by atoms with Gasteiger partial charge in [0.1, 0.15) is 5.76 Å². The van der Waals surface area contributed by atoms with Crippen molar-refractivity contribution in [3.63, 3.8) is 0 Å². The second kappa shape index (κ2) is 6.53. The number of hydrogen-bond donors (Lipinski definition) is 1. The highest BCUT2D eigenvalue weighted by atomic mass is 16.5. The lowest BCUT2D eigenvalue weighted by molar-refractivity contribution is -0.00614. The molecule has 0 radical (unpaired) electrons. The Labute approximate surface area is 129 Å². The molecule has 0 aromatic carbocycles. The highest BCUT2D eigenvalue weighted by Gasteiger charge is 2.27. The van der Waals surface area contributed by atoms with E-state index in [9.17, 15) is 0 Å². The van der Waals surface area contributed by atoms with Crippen LogP contribution in [0.3, 0.4) is 0 Å². The van der Waals surface area contributed by atoms with Crippen LogP contribution in [0.15, 0.2) is 16.7 Å². The first kappa shape index (κ1) is 16.6. The molecule has 0 saturated heterocycles. The predicted molar refractivity (Wildman–Crippen MR) is 86.1 cm³/mol. The van der Waals surface area contributed by atoms with Crippen LogP contribution < -0.4 is 5.32 Å². The molecule has 1 aromatic heterocycles. The highest BCUT2D eigenvalue weighted by molar-refractivity contribution is 5.16. The van der Waals surface area contributed by atoms with E-state index in [0.717, 1.165) is 12.3 Å². The summed E-state index contributed by atoms with van der Waals surface area (Å²) in [6.07, 6.45) is 7.07. The van der Waals surface area contributed by atoms with Crippen molar-refractivity contribution in [3.05, 3.63) is 23.7 Å². The van der Waals surface area contributed by atoms with Crippen LogP contribution in [-0.2, 0) is 17.9 Å². The van der Waals surface area contributed by atoms with Crippen molar-refractivity contribution >= 4 is 0 Å². The third-order valence-electron chi connectivity index (χ3n) is 4.38. The first-order valence-corrected chi connectivity index (χ1v) is 8.17. The van der Waals surface area contributed by atoms with Crippen molar-refractivity contribution in [2.24, 2.45) is 5.41 Å². The summed E-state index contributed by atoms with van der Waals surface area (Å²) in [4.78, 5) is 0. The summed E-state index contributed by atoms with van der Waals surface area (Å²) in [5, 5.41) is 3.46. The van der Waals surface area contributed by atoms with E-state index in [4.69, 9.17) is 9.15 Å². The molecule has 0 bridgehead atoms. The molecule has 1 heterocycles. The quantitative estimate of drug-likeness (QED) is 0.858. The molecule has 2 rings (SSSR count). The van der Waals surface area contributed by atoms with Gasteiger partial charge in [-0.3, -0.25) is 0 Å². The van der Waals surface area contributed by atoms with E-state index in [1.165, 1.54) is 31.2 Å². The Morgan fingerprint density at radius 1 is 1.29 bits per heavy atom. The summed E-state index contributed by atoms with van der Waals surface area (Å²) >= 11 is 0. The highest BCUT2D eigenvalue weighted by Crippen LogP contribution is 2.36. The molecule has 0 unspecified atom stereocenters. The number of hydrogen-bond acceptors (Lipinski definition) is 3. The lowest BCUT2D eigenvalue weighted by Gasteiger charge is -2.34. The average molecular weight is 293 g/mol. The Kier molecular flexibility index (Phi) is 5.15. The smallest absolute Gasteiger partial charge is 0.123 e. The maximum absolute atomic E-state index is 6.11. The summed E-state index contributed by atoms with van der Waals surface area (Å²) in [6, 6.07) is 2.03. The van der Waals surface area contributed by atoms with Gasteiger partial charge in [-0.25, -0.2) is 0 Å². The van der Waals surface area contributed by atoms with Crippen LogP contribution in [0.1, 0.15) is 71.6 Å². The van der Waals surface area contributed by atoms with Crippen LogP contribution in [0, 0.1) is 5.41 Å². The summed E-state index contributed by atoms with van der Waals surface area (Å²) in [7, 11) is 0. The van der Waals surface area contributed by atoms with Crippen molar-refractivity contribution in [3.8, 4) is 0 Å². The Balaban J connectivity index is 1.80. The molecule has 1 aliphatic carbocycles. The number of ether oxygens (including phenoxy) is 1. The largest absolute Gasteiger partial charge is 0.468 e. The molecule has 3 nitrogen and oxygen atoms in total. The Hall–Kier alpha value is -0.800. The molecule has 0 atom stereocenters. The standard InChI is InChI=1S/C18H31NO2/c1-17(2,3)19-12-16-14(8-11-20-16)13-21-15-6-9-18(4,5)10-7-15/h8,11,15,19H,6-7,9-10,12-13H2,1-5H3. The Bertz CT molecular complexity index is 432. The Morgan fingerprint density at radius 3 is 2.57 bits per heavy atom. The van der Waals surface area contributed by atoms with Gasteiger partial charge >= 0.3 is 0 Å². The van der Waals surface area contributed by atoms with E-state index in [0.29, 0.717) is 18.1 Å². The van der Waals surface area contributed by atoms with Crippen LogP contribution in [-0.4, -0.2) is 11.6 Å². The Morgan fingerprint density at radius 2 is 1.95 bits per heavy atom. The first-order chi connectivity index (χ1) is 9.75. The molecule has 1 aromatic rings. The van der Waals surface area contributed by atoms with Crippen molar-refractivity contribution in [1.82, 2.24) is 5.32 Å². The fourth-order valence-electron chi connectivity index (χ4n) is 2.74. The van der Waals surface area contributed by atoms with Gasteiger partial charge in [-0.2, -0.15) is 0 Å². The molecular formula is C18H31NO2. The van der Waals surface area contributed by atoms with Gasteiger partial charge in [0.05, 0.1) is 25.5 Å². The van der Waals surface area contributed by atoms with Crippen LogP contribution in [0.25, 0.3) is 0 Å². The van der Waals surface area contributed by atoms with Crippen molar-refractivity contribution in [1.29, 1.82) is 0 Å². The van der Waals surface area contributed by atoms with E-state index >= 15 is 0 Å². The summed E-state index contributed by atoms with van der Waals surface area (Å²) in [6.45, 7) is 12.6. The summed E-state index contributed by atoms with van der Waals surface area (Å²) in [5.74, 6) is 1.00. The van der Waals surface area contributed by atoms with Crippen LogP contribution >= 0.6 is 0 Å². The summed E-state index contributed by atoms with van der Waals surface area (Å²) < 4.78 is 11.7. The molecule has 0 aliphatic heterocycles. The molecular weight excluding hydrogens is 262 g/mol. The number of nitrogens with one attached hydrogen (secondary N) is 1. The van der Waals surface area contributed by atoms with E-state index < -0.39 is 0 Å². The maximum Gasteiger partial charge on any atom is 0.123 e. The average Bonchev–Trinajstić information content (AvgIpc) is 2.82. The van der Waals surface area contributed by atoms with Gasteiger partial charge in [0.2, 0.25) is 0 Å². The topological polar surface area (TPSA) is 34.4 Å². The number of furan rings is 1. The van der Waals surface area contributed by atoms with Crippen molar-refractivity contribution in [2.45, 2.75) is 85.1 Å². The normalized spacial score (nSPS) is 19.9. The molecule has 1 fully saturated rings. The minimum absolute atomic E-state index is 0.0971. The van der Waals surface area contributed by atoms with E-state index in [1.54, 1.807) is 6.26 Å². The van der Waals surface area contributed by atoms with Crippen LogP contribution in [0.5, 0.6) is 0 Å². The second-order valence-electron chi connectivity index (χ2n) is 8.15. The van der Waals surface area contributed by atoms with Crippen molar-refractivity contribution in [2.75, 3.05) is 0 Å². The third kappa shape index (κ3) is 5.48. The van der Waals surface area contributed by atoms with Crippen molar-refractivity contribution < 1.29 is 9.15 Å². The summed E-state index contributed by atoms with van der Waals surface area (Å²) in [5.41, 5.74) is 1.77. The van der Waals surface area contributed by atoms with Gasteiger partial charge in [-0.05, 0) is 57.9 Å². The van der Waals surface area contributed by atoms with Crippen LogP contribution in [0.2, 0.25) is 0 Å². The SMILES string of the molecule is CC1(C)CCC(OCc2ccoc2CNC(C)(C)C)CC1. The monoisotopic (exact) mass is 293 g/mol. The maximum atomic E-state index is 6.11. The van der Waals surface area contributed by atoms with Crippen LogP contribution in [0.4, 0.5) is 0 Å². The molecule has 1 N–H and O–H groups in total. The number of rotatable bonds is 5. The minimum Gasteiger partial charge on any atom is -0.468 e. The van der Waals surface area contributed by atoms with E-state index in [2.05, 4.69) is 39.9 Å². The second-order valence-corrected chi connectivity index (χ2v) is 8.15. The van der Waals surface area contributed by atoms with E-state index in [-0.39, 0.29) is 5.54 Å². The third-order valence-corrected chi connectivity index (χ3v) is 4.38. The molecule has 1 aliphatic rings. The zero-order valence-electron chi connectivity index (χ0n) is 14.3. The zero-order chi connectivity index (χ0) is 15.5. The molecule has 1 saturated carbocycles. The fourth-order valence-corrected chi connectivity index (χ4v) is 2.74. The van der Waals surface area contributed by atoms with Gasteiger partial charge in [-0.15, -0.1) is 0 Å². The van der Waals surface area contributed by atoms with E-state index in [1.807, 2.05) is 6.07 Å². The molecule has 3 heteroatoms. The molecule has 120 valence electrons. The fraction of sp³-hybridized carbons (Fsp3) is 0.778. The molecule has 0 spiro atoms. The minimum atomic E-state index is 0.0971. The molecule has 0 amide bonds. The van der Waals surface area contributed by atoms with Gasteiger partial charge in [0, 0.05) is 11.1 Å². The predicted octanol–water partition coefficient (Wildman–Crippen LogP) is 4.65. The van der Waals surface area contributed by atoms with Gasteiger partial charge < -0.3 is 14.5 Å². The molecule has 21 heavy (non-hydrogen) atoms. The van der Waals surface area contributed by atoms with Gasteiger partial charge in [0.15, 0.2) is 0 Å². The lowest BCUT2D eigenvalue weighted by atomic mass is 9.76. The zero-order valence-corrected chi connectivity index (χ0v) is 14.3. The lowest BCUT2D eigenvalue weighted by Crippen LogP contribution is -2.35. The van der Waals surface area contributed by atoms with Gasteiger partial charge in [-0.1, -0.05) is 13.8 Å².